The zero-order valence-electron chi connectivity index (χ0n) is 10.8. The summed E-state index contributed by atoms with van der Waals surface area (Å²) >= 11 is 0.964. The fraction of sp³-hybridized carbons (Fsp3) is 0.600. The van der Waals surface area contributed by atoms with Crippen LogP contribution in [-0.2, 0) is 12.7 Å². The Balaban J connectivity index is 0.00000324. The van der Waals surface area contributed by atoms with E-state index in [-0.39, 0.29) is 30.5 Å². The summed E-state index contributed by atoms with van der Waals surface area (Å²) < 4.78 is 37.0. The van der Waals surface area contributed by atoms with Crippen molar-refractivity contribution in [2.24, 2.45) is 4.99 Å². The number of nitrogens with one attached hydrogen (secondary N) is 1. The lowest BCUT2D eigenvalue weighted by Gasteiger charge is -2.16. The highest BCUT2D eigenvalue weighted by Crippen LogP contribution is 2.30. The van der Waals surface area contributed by atoms with Crippen molar-refractivity contribution >= 4 is 41.3 Å². The van der Waals surface area contributed by atoms with Crippen molar-refractivity contribution in [3.05, 3.63) is 16.1 Å². The first-order valence-electron chi connectivity index (χ1n) is 5.31. The smallest absolute Gasteiger partial charge is 0.357 e. The number of aromatic nitrogens is 1. The maximum Gasteiger partial charge on any atom is 0.434 e. The van der Waals surface area contributed by atoms with E-state index >= 15 is 0 Å². The third-order valence-corrected chi connectivity index (χ3v) is 2.80. The Morgan fingerprint density at radius 1 is 1.47 bits per heavy atom. The SMILES string of the molecule is CCNC(=NCc1nc(C(F)(F)F)cs1)N(C)C.I. The van der Waals surface area contributed by atoms with Gasteiger partial charge in [-0.05, 0) is 6.92 Å². The number of rotatable bonds is 3. The number of aliphatic imine (C=N–C) groups is 1. The Labute approximate surface area is 131 Å². The summed E-state index contributed by atoms with van der Waals surface area (Å²) in [6.45, 7) is 2.76. The number of guanidine groups is 1. The van der Waals surface area contributed by atoms with Gasteiger partial charge in [0.1, 0.15) is 5.01 Å². The highest BCUT2D eigenvalue weighted by Gasteiger charge is 2.33. The van der Waals surface area contributed by atoms with Crippen molar-refractivity contribution in [2.75, 3.05) is 20.6 Å². The van der Waals surface area contributed by atoms with Crippen LogP contribution in [0.25, 0.3) is 0 Å². The summed E-state index contributed by atoms with van der Waals surface area (Å²) in [4.78, 5) is 9.47. The van der Waals surface area contributed by atoms with E-state index in [1.807, 2.05) is 21.0 Å². The van der Waals surface area contributed by atoms with Gasteiger partial charge in [-0.2, -0.15) is 13.2 Å². The van der Waals surface area contributed by atoms with Gasteiger partial charge in [0.05, 0.1) is 6.54 Å². The fourth-order valence-electron chi connectivity index (χ4n) is 1.17. The van der Waals surface area contributed by atoms with Crippen molar-refractivity contribution in [3.63, 3.8) is 0 Å². The average Bonchev–Trinajstić information content (AvgIpc) is 2.71. The normalized spacial score (nSPS) is 12.0. The monoisotopic (exact) mass is 408 g/mol. The molecular formula is C10H16F3IN4S. The average molecular weight is 408 g/mol. The maximum atomic E-state index is 12.3. The topological polar surface area (TPSA) is 40.5 Å². The lowest BCUT2D eigenvalue weighted by atomic mass is 10.5. The predicted molar refractivity (Wildman–Crippen MR) is 81.0 cm³/mol. The molecule has 0 radical (unpaired) electrons. The van der Waals surface area contributed by atoms with E-state index in [1.54, 1.807) is 4.90 Å². The number of halogens is 4. The van der Waals surface area contributed by atoms with E-state index < -0.39 is 11.9 Å². The zero-order chi connectivity index (χ0) is 13.8. The third kappa shape index (κ3) is 5.93. The molecule has 0 fully saturated rings. The molecule has 0 unspecified atom stereocenters. The molecule has 1 aromatic rings. The van der Waals surface area contributed by atoms with Crippen LogP contribution in [0.2, 0.25) is 0 Å². The molecule has 0 aliphatic rings. The Bertz CT molecular complexity index is 417. The van der Waals surface area contributed by atoms with E-state index in [4.69, 9.17) is 0 Å². The van der Waals surface area contributed by atoms with Crippen molar-refractivity contribution in [1.29, 1.82) is 0 Å². The molecule has 9 heteroatoms. The summed E-state index contributed by atoms with van der Waals surface area (Å²) in [5.41, 5.74) is -0.854. The van der Waals surface area contributed by atoms with Gasteiger partial charge >= 0.3 is 6.18 Å². The molecule has 0 spiro atoms. The van der Waals surface area contributed by atoms with Crippen LogP contribution in [0.5, 0.6) is 0 Å². The summed E-state index contributed by atoms with van der Waals surface area (Å²) in [6.07, 6.45) is -4.38. The summed E-state index contributed by atoms with van der Waals surface area (Å²) in [7, 11) is 3.62. The first-order chi connectivity index (χ1) is 8.34. The van der Waals surface area contributed by atoms with Crippen molar-refractivity contribution in [1.82, 2.24) is 15.2 Å². The fourth-order valence-corrected chi connectivity index (χ4v) is 1.89. The number of thiazole rings is 1. The Morgan fingerprint density at radius 3 is 2.53 bits per heavy atom. The van der Waals surface area contributed by atoms with E-state index in [0.29, 0.717) is 17.5 Å². The molecule has 0 aromatic carbocycles. The largest absolute Gasteiger partial charge is 0.434 e. The van der Waals surface area contributed by atoms with Gasteiger partial charge in [-0.1, -0.05) is 0 Å². The van der Waals surface area contributed by atoms with E-state index in [0.717, 1.165) is 16.7 Å². The molecule has 0 aliphatic heterocycles. The summed E-state index contributed by atoms with van der Waals surface area (Å²) in [5.74, 6) is 0.626. The van der Waals surface area contributed by atoms with Crippen molar-refractivity contribution in [3.8, 4) is 0 Å². The Kier molecular flexibility index (Phi) is 7.64. The molecule has 110 valence electrons. The maximum absolute atomic E-state index is 12.3. The molecule has 1 aromatic heterocycles. The van der Waals surface area contributed by atoms with Gasteiger partial charge in [0.25, 0.3) is 0 Å². The molecule has 1 rings (SSSR count). The van der Waals surface area contributed by atoms with Crippen LogP contribution >= 0.6 is 35.3 Å². The minimum Gasteiger partial charge on any atom is -0.357 e. The number of hydrogen-bond acceptors (Lipinski definition) is 3. The van der Waals surface area contributed by atoms with Crippen LogP contribution in [-0.4, -0.2) is 36.5 Å². The first-order valence-corrected chi connectivity index (χ1v) is 6.19. The van der Waals surface area contributed by atoms with Crippen LogP contribution in [0.1, 0.15) is 17.6 Å². The molecule has 1 N–H and O–H groups in total. The zero-order valence-corrected chi connectivity index (χ0v) is 13.9. The van der Waals surface area contributed by atoms with Gasteiger partial charge in [0.2, 0.25) is 0 Å². The predicted octanol–water partition coefficient (Wildman–Crippen LogP) is 2.81. The Morgan fingerprint density at radius 2 is 2.11 bits per heavy atom. The van der Waals surface area contributed by atoms with Gasteiger partial charge in [-0.25, -0.2) is 9.98 Å². The second kappa shape index (κ2) is 7.88. The van der Waals surface area contributed by atoms with Crippen LogP contribution in [0.4, 0.5) is 13.2 Å². The Hall–Kier alpha value is -0.580. The lowest BCUT2D eigenvalue weighted by molar-refractivity contribution is -0.140. The van der Waals surface area contributed by atoms with Crippen LogP contribution in [0.15, 0.2) is 10.4 Å². The molecular weight excluding hydrogens is 392 g/mol. The molecule has 0 saturated carbocycles. The van der Waals surface area contributed by atoms with Gasteiger partial charge in [0.15, 0.2) is 11.7 Å². The van der Waals surface area contributed by atoms with E-state index in [1.165, 1.54) is 0 Å². The number of nitrogens with zero attached hydrogens (tertiary/aromatic N) is 3. The quantitative estimate of drug-likeness (QED) is 0.475. The van der Waals surface area contributed by atoms with Crippen molar-refractivity contribution < 1.29 is 13.2 Å². The number of hydrogen-bond donors (Lipinski definition) is 1. The third-order valence-electron chi connectivity index (χ3n) is 1.96. The molecule has 0 atom stereocenters. The molecule has 1 heterocycles. The molecule has 19 heavy (non-hydrogen) atoms. The van der Waals surface area contributed by atoms with E-state index in [2.05, 4.69) is 15.3 Å². The highest BCUT2D eigenvalue weighted by molar-refractivity contribution is 14.0. The first kappa shape index (κ1) is 18.4. The molecule has 0 bridgehead atoms. The van der Waals surface area contributed by atoms with Crippen molar-refractivity contribution in [2.45, 2.75) is 19.6 Å². The molecule has 0 amide bonds. The van der Waals surface area contributed by atoms with E-state index in [9.17, 15) is 13.2 Å². The van der Waals surface area contributed by atoms with Crippen LogP contribution < -0.4 is 5.32 Å². The lowest BCUT2D eigenvalue weighted by Crippen LogP contribution is -2.36. The summed E-state index contributed by atoms with van der Waals surface area (Å²) in [5, 5.41) is 4.37. The minimum atomic E-state index is -4.38. The van der Waals surface area contributed by atoms with Crippen LogP contribution in [0, 0.1) is 0 Å². The standard InChI is InChI=1S/C10H15F3N4S.HI/c1-4-14-9(17(2)3)15-5-8-16-7(6-18-8)10(11,12)13;/h6H,4-5H2,1-3H3,(H,14,15);1H. The van der Waals surface area contributed by atoms with Gasteiger partial charge in [-0.15, -0.1) is 35.3 Å². The molecule has 0 saturated heterocycles. The van der Waals surface area contributed by atoms with Gasteiger partial charge in [0, 0.05) is 26.0 Å². The minimum absolute atomic E-state index is 0. The second-order valence-electron chi connectivity index (χ2n) is 3.69. The van der Waals surface area contributed by atoms with Gasteiger partial charge < -0.3 is 10.2 Å². The molecule has 4 nitrogen and oxygen atoms in total. The summed E-state index contributed by atoms with van der Waals surface area (Å²) in [6, 6.07) is 0. The van der Waals surface area contributed by atoms with Gasteiger partial charge in [-0.3, -0.25) is 0 Å². The molecule has 0 aliphatic carbocycles. The highest BCUT2D eigenvalue weighted by atomic mass is 127. The second-order valence-corrected chi connectivity index (χ2v) is 4.63. The number of alkyl halides is 3. The van der Waals surface area contributed by atoms with Crippen LogP contribution in [0.3, 0.4) is 0 Å².